The summed E-state index contributed by atoms with van der Waals surface area (Å²) in [5.74, 6) is -4.80. The molecule has 5 N–H and O–H groups in total. The third kappa shape index (κ3) is 7.79. The molecule has 122 valence electrons. The van der Waals surface area contributed by atoms with Crippen molar-refractivity contribution in [2.75, 3.05) is 19.4 Å². The molecule has 9 nitrogen and oxygen atoms in total. The molecule has 0 amide bonds. The molecule has 0 saturated carbocycles. The zero-order valence-electron chi connectivity index (χ0n) is 11.6. The van der Waals surface area contributed by atoms with Crippen molar-refractivity contribution in [1.29, 1.82) is 0 Å². The lowest BCUT2D eigenvalue weighted by Gasteiger charge is -2.21. The maximum atomic E-state index is 12.4. The molecule has 0 aliphatic carbocycles. The Morgan fingerprint density at radius 2 is 1.71 bits per heavy atom. The largest absolute Gasteiger partial charge is 0.481 e. The third-order valence-electron chi connectivity index (χ3n) is 2.99. The van der Waals surface area contributed by atoms with Crippen molar-refractivity contribution in [3.8, 4) is 0 Å². The molecule has 0 aromatic rings. The van der Waals surface area contributed by atoms with E-state index in [4.69, 9.17) is 25.6 Å². The van der Waals surface area contributed by atoms with Crippen molar-refractivity contribution in [3.63, 3.8) is 0 Å². The summed E-state index contributed by atoms with van der Waals surface area (Å²) < 4.78 is 17.2. The Kier molecular flexibility index (Phi) is 8.16. The van der Waals surface area contributed by atoms with Crippen LogP contribution in [0.5, 0.6) is 0 Å². The Bertz CT molecular complexity index is 438. The molecule has 0 aromatic carbocycles. The van der Waals surface area contributed by atoms with Gasteiger partial charge in [0, 0.05) is 25.9 Å². The van der Waals surface area contributed by atoms with Gasteiger partial charge in [-0.05, 0) is 12.8 Å². The highest BCUT2D eigenvalue weighted by Crippen LogP contribution is 2.49. The minimum atomic E-state index is -3.38. The van der Waals surface area contributed by atoms with Gasteiger partial charge in [-0.15, -0.1) is 0 Å². The summed E-state index contributed by atoms with van der Waals surface area (Å²) in [5, 5.41) is 26.2. The van der Waals surface area contributed by atoms with E-state index >= 15 is 0 Å². The third-order valence-corrected chi connectivity index (χ3v) is 5.59. The van der Waals surface area contributed by atoms with Gasteiger partial charge in [0.05, 0.1) is 5.92 Å². The number of hydrogen-bond acceptors (Lipinski definition) is 6. The van der Waals surface area contributed by atoms with E-state index in [1.807, 2.05) is 0 Å². The molecule has 0 fully saturated rings. The van der Waals surface area contributed by atoms with Crippen LogP contribution in [0.25, 0.3) is 0 Å². The van der Waals surface area contributed by atoms with Crippen molar-refractivity contribution >= 4 is 25.3 Å². The lowest BCUT2D eigenvalue weighted by molar-refractivity contribution is -0.142. The molecule has 0 heterocycles. The molecule has 0 bridgehead atoms. The molecule has 10 heteroatoms. The standard InChI is InChI=1S/C11H20NO8P/c1-20-21(19,5-4-8(12)11(17)18)6-7(10(15)16)2-3-9(13)14/h7-8H,2-6,12H2,1H3,(H,13,14)(H,15,16)(H,17,18)/t7-,8-,21?/m0/s1. The molecular formula is C11H20NO8P. The van der Waals surface area contributed by atoms with Gasteiger partial charge < -0.3 is 25.6 Å². The van der Waals surface area contributed by atoms with Gasteiger partial charge in [0.2, 0.25) is 7.37 Å². The van der Waals surface area contributed by atoms with E-state index in [-0.39, 0.29) is 31.6 Å². The first kappa shape index (κ1) is 19.6. The smallest absolute Gasteiger partial charge is 0.320 e. The number of carbonyl (C=O) groups is 3. The average Bonchev–Trinajstić information content (AvgIpc) is 2.40. The lowest BCUT2D eigenvalue weighted by Crippen LogP contribution is -2.31. The van der Waals surface area contributed by atoms with Crippen LogP contribution in [0.15, 0.2) is 0 Å². The lowest BCUT2D eigenvalue weighted by atomic mass is 10.1. The van der Waals surface area contributed by atoms with Crippen molar-refractivity contribution in [3.05, 3.63) is 0 Å². The zero-order valence-corrected chi connectivity index (χ0v) is 12.5. The summed E-state index contributed by atoms with van der Waals surface area (Å²) in [5.41, 5.74) is 5.30. The monoisotopic (exact) mass is 325 g/mol. The number of rotatable bonds is 11. The van der Waals surface area contributed by atoms with Crippen molar-refractivity contribution in [1.82, 2.24) is 0 Å². The van der Waals surface area contributed by atoms with Gasteiger partial charge in [0.1, 0.15) is 6.04 Å². The molecule has 0 aliphatic heterocycles. The first-order valence-electron chi connectivity index (χ1n) is 6.18. The minimum absolute atomic E-state index is 0.119. The van der Waals surface area contributed by atoms with E-state index in [1.165, 1.54) is 0 Å². The molecular weight excluding hydrogens is 305 g/mol. The number of nitrogens with two attached hydrogens (primary N) is 1. The Labute approximate surface area is 121 Å². The predicted octanol–water partition coefficient (Wildman–Crippen LogP) is 0.279. The molecule has 0 radical (unpaired) electrons. The first-order valence-corrected chi connectivity index (χ1v) is 8.17. The Morgan fingerprint density at radius 3 is 2.10 bits per heavy atom. The summed E-state index contributed by atoms with van der Waals surface area (Å²) in [6.45, 7) is 0. The second kappa shape index (κ2) is 8.76. The highest BCUT2D eigenvalue weighted by Gasteiger charge is 2.32. The molecule has 0 saturated heterocycles. The molecule has 3 atom stereocenters. The fourth-order valence-electron chi connectivity index (χ4n) is 1.64. The second-order valence-electron chi connectivity index (χ2n) is 4.60. The zero-order chi connectivity index (χ0) is 16.6. The summed E-state index contributed by atoms with van der Waals surface area (Å²) >= 11 is 0. The molecule has 0 aromatic heterocycles. The molecule has 0 aliphatic rings. The fraction of sp³-hybridized carbons (Fsp3) is 0.727. The van der Waals surface area contributed by atoms with Gasteiger partial charge in [-0.3, -0.25) is 18.9 Å². The molecule has 0 rings (SSSR count). The summed E-state index contributed by atoms with van der Waals surface area (Å²) in [6.07, 6.45) is -1.18. The van der Waals surface area contributed by atoms with Gasteiger partial charge in [-0.1, -0.05) is 0 Å². The number of carboxylic acid groups (broad SMARTS) is 3. The van der Waals surface area contributed by atoms with E-state index in [9.17, 15) is 18.9 Å². The average molecular weight is 325 g/mol. The Hall–Kier alpha value is -1.44. The Balaban J connectivity index is 4.73. The fourth-order valence-corrected chi connectivity index (χ4v) is 3.84. The topological polar surface area (TPSA) is 164 Å². The highest BCUT2D eigenvalue weighted by atomic mass is 31.2. The normalized spacial score (nSPS) is 16.7. The van der Waals surface area contributed by atoms with Crippen LogP contribution in [-0.4, -0.2) is 58.7 Å². The van der Waals surface area contributed by atoms with Gasteiger partial charge in [0.15, 0.2) is 0 Å². The number of aliphatic carboxylic acids is 3. The first-order chi connectivity index (χ1) is 9.61. The van der Waals surface area contributed by atoms with Crippen LogP contribution in [0.2, 0.25) is 0 Å². The molecule has 1 unspecified atom stereocenters. The van der Waals surface area contributed by atoms with Gasteiger partial charge >= 0.3 is 17.9 Å². The van der Waals surface area contributed by atoms with Crippen LogP contribution in [0.4, 0.5) is 0 Å². The van der Waals surface area contributed by atoms with Crippen molar-refractivity contribution in [2.45, 2.75) is 25.3 Å². The van der Waals surface area contributed by atoms with Crippen LogP contribution in [0, 0.1) is 5.92 Å². The number of carboxylic acids is 3. The minimum Gasteiger partial charge on any atom is -0.481 e. The van der Waals surface area contributed by atoms with Gasteiger partial charge in [0.25, 0.3) is 0 Å². The Morgan fingerprint density at radius 1 is 1.14 bits per heavy atom. The molecule has 21 heavy (non-hydrogen) atoms. The quantitative estimate of drug-likeness (QED) is 0.390. The van der Waals surface area contributed by atoms with Crippen molar-refractivity contribution in [2.24, 2.45) is 11.7 Å². The van der Waals surface area contributed by atoms with Crippen LogP contribution < -0.4 is 5.73 Å². The maximum absolute atomic E-state index is 12.4. The summed E-state index contributed by atoms with van der Waals surface area (Å²) in [7, 11) is -2.24. The van der Waals surface area contributed by atoms with Gasteiger partial charge in [-0.25, -0.2) is 0 Å². The van der Waals surface area contributed by atoms with Crippen LogP contribution in [-0.2, 0) is 23.5 Å². The predicted molar refractivity (Wildman–Crippen MR) is 72.6 cm³/mol. The SMILES string of the molecule is COP(=O)(CC[C@H](N)C(=O)O)C[C@H](CCC(=O)O)C(=O)O. The van der Waals surface area contributed by atoms with E-state index in [2.05, 4.69) is 0 Å². The maximum Gasteiger partial charge on any atom is 0.320 e. The van der Waals surface area contributed by atoms with Crippen molar-refractivity contribution < 1.29 is 38.8 Å². The highest BCUT2D eigenvalue weighted by molar-refractivity contribution is 7.59. The van der Waals surface area contributed by atoms with Crippen LogP contribution in [0.3, 0.4) is 0 Å². The summed E-state index contributed by atoms with van der Waals surface area (Å²) in [4.78, 5) is 32.1. The van der Waals surface area contributed by atoms with Crippen LogP contribution in [0.1, 0.15) is 19.3 Å². The number of hydrogen-bond donors (Lipinski definition) is 4. The van der Waals surface area contributed by atoms with E-state index < -0.39 is 37.2 Å². The van der Waals surface area contributed by atoms with E-state index in [1.54, 1.807) is 0 Å². The van der Waals surface area contributed by atoms with Crippen LogP contribution >= 0.6 is 7.37 Å². The van der Waals surface area contributed by atoms with E-state index in [0.717, 1.165) is 7.11 Å². The molecule has 0 spiro atoms. The van der Waals surface area contributed by atoms with E-state index in [0.29, 0.717) is 0 Å². The van der Waals surface area contributed by atoms with Gasteiger partial charge in [-0.2, -0.15) is 0 Å². The summed E-state index contributed by atoms with van der Waals surface area (Å²) in [6, 6.07) is -1.21. The second-order valence-corrected chi connectivity index (χ2v) is 7.41.